The first kappa shape index (κ1) is 24.0. The van der Waals surface area contributed by atoms with E-state index >= 15 is 0 Å². The van der Waals surface area contributed by atoms with Gasteiger partial charge < -0.3 is 0 Å². The molecule has 0 aromatic heterocycles. The zero-order chi connectivity index (χ0) is 18.8. The molecule has 0 N–H and O–H groups in total. The highest BCUT2D eigenvalue weighted by molar-refractivity contribution is 5.15. The van der Waals surface area contributed by atoms with Crippen LogP contribution in [0.2, 0.25) is 0 Å². The van der Waals surface area contributed by atoms with Crippen molar-refractivity contribution in [3.05, 3.63) is 47.6 Å². The van der Waals surface area contributed by atoms with Crippen LogP contribution >= 0.6 is 0 Å². The van der Waals surface area contributed by atoms with Gasteiger partial charge in [-0.3, -0.25) is 0 Å². The predicted octanol–water partition coefficient (Wildman–Crippen LogP) is 9.10. The largest absolute Gasteiger partial charge is 0.0988 e. The molecular formula is C25H44. The molecule has 0 saturated heterocycles. The minimum atomic E-state index is 1.03. The molecule has 25 heavy (non-hydrogen) atoms. The third kappa shape index (κ3) is 17.6. The van der Waals surface area contributed by atoms with E-state index in [0.29, 0.717) is 0 Å². The van der Waals surface area contributed by atoms with Crippen LogP contribution < -0.4 is 0 Å². The van der Waals surface area contributed by atoms with Crippen molar-refractivity contribution in [2.24, 2.45) is 0 Å². The number of hydrogen-bond donors (Lipinski definition) is 0. The second kappa shape index (κ2) is 17.8. The molecule has 0 fully saturated rings. The van der Waals surface area contributed by atoms with Gasteiger partial charge in [-0.05, 0) is 52.9 Å². The fourth-order valence-electron chi connectivity index (χ4n) is 2.99. The Morgan fingerprint density at radius 2 is 1.24 bits per heavy atom. The number of rotatable bonds is 16. The summed E-state index contributed by atoms with van der Waals surface area (Å²) in [6.07, 6.45) is 26.4. The van der Waals surface area contributed by atoms with Crippen molar-refractivity contribution in [1.29, 1.82) is 0 Å². The molecule has 0 aromatic rings. The lowest BCUT2D eigenvalue weighted by Gasteiger charge is -2.04. The molecule has 0 radical (unpaired) electrons. The van der Waals surface area contributed by atoms with Gasteiger partial charge in [0.05, 0.1) is 0 Å². The Balaban J connectivity index is 3.64. The maximum absolute atomic E-state index is 3.79. The predicted molar refractivity (Wildman–Crippen MR) is 117 cm³/mol. The van der Waals surface area contributed by atoms with Crippen molar-refractivity contribution in [3.8, 4) is 0 Å². The standard InChI is InChI=1S/C25H44/c1-6-8-9-10-11-12-13-14-15-18-24(4)21-17-22-25(5)20-16-19-23(3)7-2/h7,19-21H,2,6,8-18,22H2,1,3-5H3/b23-19+,24-21+,25-20+. The molecule has 0 nitrogen and oxygen atoms in total. The van der Waals surface area contributed by atoms with E-state index in [-0.39, 0.29) is 0 Å². The lowest BCUT2D eigenvalue weighted by molar-refractivity contribution is 0.564. The molecule has 0 bridgehead atoms. The fraction of sp³-hybridized carbons (Fsp3) is 0.680. The second-order valence-electron chi connectivity index (χ2n) is 7.61. The summed E-state index contributed by atoms with van der Waals surface area (Å²) in [5.41, 5.74) is 4.35. The van der Waals surface area contributed by atoms with Crippen LogP contribution in [0.1, 0.15) is 111 Å². The highest BCUT2D eigenvalue weighted by atomic mass is 14.0. The molecule has 0 heteroatoms. The van der Waals surface area contributed by atoms with Gasteiger partial charge in [-0.1, -0.05) is 106 Å². The van der Waals surface area contributed by atoms with Gasteiger partial charge in [0.15, 0.2) is 0 Å². The number of hydrogen-bond acceptors (Lipinski definition) is 0. The highest BCUT2D eigenvalue weighted by Crippen LogP contribution is 2.15. The van der Waals surface area contributed by atoms with Gasteiger partial charge in [-0.15, -0.1) is 0 Å². The summed E-state index contributed by atoms with van der Waals surface area (Å²) in [6.45, 7) is 12.7. The van der Waals surface area contributed by atoms with Crippen LogP contribution in [0.4, 0.5) is 0 Å². The summed E-state index contributed by atoms with van der Waals surface area (Å²) in [5.74, 6) is 0. The van der Waals surface area contributed by atoms with Gasteiger partial charge >= 0.3 is 0 Å². The first-order valence-electron chi connectivity index (χ1n) is 10.7. The molecule has 0 rings (SSSR count). The second-order valence-corrected chi connectivity index (χ2v) is 7.61. The molecular weight excluding hydrogens is 300 g/mol. The van der Waals surface area contributed by atoms with Crippen LogP contribution in [0.3, 0.4) is 0 Å². The molecule has 0 heterocycles. The van der Waals surface area contributed by atoms with E-state index in [2.05, 4.69) is 52.5 Å². The van der Waals surface area contributed by atoms with Crippen molar-refractivity contribution < 1.29 is 0 Å². The zero-order valence-corrected chi connectivity index (χ0v) is 17.7. The summed E-state index contributed by atoms with van der Waals surface area (Å²) >= 11 is 0. The maximum Gasteiger partial charge on any atom is -0.0161 e. The van der Waals surface area contributed by atoms with Gasteiger partial charge in [-0.25, -0.2) is 0 Å². The van der Waals surface area contributed by atoms with Gasteiger partial charge in [-0.2, -0.15) is 0 Å². The summed E-state index contributed by atoms with van der Waals surface area (Å²) in [7, 11) is 0. The molecule has 0 aliphatic carbocycles. The van der Waals surface area contributed by atoms with E-state index in [1.54, 1.807) is 5.57 Å². The summed E-state index contributed by atoms with van der Waals surface area (Å²) in [5, 5.41) is 0. The molecule has 0 unspecified atom stereocenters. The van der Waals surface area contributed by atoms with Crippen molar-refractivity contribution in [1.82, 2.24) is 0 Å². The molecule has 0 spiro atoms. The smallest absolute Gasteiger partial charge is 0.0161 e. The van der Waals surface area contributed by atoms with E-state index in [0.717, 1.165) is 6.42 Å². The van der Waals surface area contributed by atoms with Crippen LogP contribution in [-0.2, 0) is 0 Å². The maximum atomic E-state index is 3.79. The van der Waals surface area contributed by atoms with Crippen molar-refractivity contribution >= 4 is 0 Å². The van der Waals surface area contributed by atoms with E-state index in [1.807, 2.05) is 6.08 Å². The zero-order valence-electron chi connectivity index (χ0n) is 17.7. The third-order valence-corrected chi connectivity index (χ3v) is 4.93. The monoisotopic (exact) mass is 344 g/mol. The van der Waals surface area contributed by atoms with E-state index < -0.39 is 0 Å². The molecule has 0 aromatic carbocycles. The van der Waals surface area contributed by atoms with Gasteiger partial charge in [0, 0.05) is 0 Å². The van der Waals surface area contributed by atoms with Crippen molar-refractivity contribution in [3.63, 3.8) is 0 Å². The Hall–Kier alpha value is -1.04. The van der Waals surface area contributed by atoms with Gasteiger partial charge in [0.25, 0.3) is 0 Å². The van der Waals surface area contributed by atoms with Crippen LogP contribution in [0.5, 0.6) is 0 Å². The Kier molecular flexibility index (Phi) is 17.0. The summed E-state index contributed by atoms with van der Waals surface area (Å²) < 4.78 is 0. The quantitative estimate of drug-likeness (QED) is 0.149. The van der Waals surface area contributed by atoms with Crippen LogP contribution in [-0.4, -0.2) is 0 Å². The van der Waals surface area contributed by atoms with Crippen molar-refractivity contribution in [2.45, 2.75) is 111 Å². The summed E-state index contributed by atoms with van der Waals surface area (Å²) in [4.78, 5) is 0. The Morgan fingerprint density at radius 3 is 1.84 bits per heavy atom. The third-order valence-electron chi connectivity index (χ3n) is 4.93. The number of unbranched alkanes of at least 4 members (excludes halogenated alkanes) is 8. The molecule has 0 atom stereocenters. The van der Waals surface area contributed by atoms with Gasteiger partial charge in [0.1, 0.15) is 0 Å². The first-order valence-corrected chi connectivity index (χ1v) is 10.7. The Labute approximate surface area is 159 Å². The van der Waals surface area contributed by atoms with Crippen LogP contribution in [0.15, 0.2) is 47.6 Å². The summed E-state index contributed by atoms with van der Waals surface area (Å²) in [6, 6.07) is 0. The van der Waals surface area contributed by atoms with E-state index in [1.165, 1.54) is 88.2 Å². The molecule has 0 aliphatic heterocycles. The SMILES string of the molecule is C=C/C(C)=C/C/C=C(\C)CC/C=C(\C)CCCCCCCCCCC. The Morgan fingerprint density at radius 1 is 0.680 bits per heavy atom. The van der Waals surface area contributed by atoms with Crippen molar-refractivity contribution in [2.75, 3.05) is 0 Å². The van der Waals surface area contributed by atoms with Crippen LogP contribution in [0.25, 0.3) is 0 Å². The topological polar surface area (TPSA) is 0 Å². The van der Waals surface area contributed by atoms with E-state index in [9.17, 15) is 0 Å². The lowest BCUT2D eigenvalue weighted by atomic mass is 10.0. The average Bonchev–Trinajstić information content (AvgIpc) is 2.60. The molecule has 0 saturated carbocycles. The average molecular weight is 345 g/mol. The number of allylic oxidation sites excluding steroid dienone is 7. The fourth-order valence-corrected chi connectivity index (χ4v) is 2.99. The Bertz CT molecular complexity index is 406. The first-order chi connectivity index (χ1) is 12.1. The van der Waals surface area contributed by atoms with Crippen LogP contribution in [0, 0.1) is 0 Å². The highest BCUT2D eigenvalue weighted by Gasteiger charge is 1.95. The molecule has 144 valence electrons. The normalized spacial score (nSPS) is 13.4. The lowest BCUT2D eigenvalue weighted by Crippen LogP contribution is -1.84. The molecule has 0 aliphatic rings. The van der Waals surface area contributed by atoms with Gasteiger partial charge in [0.2, 0.25) is 0 Å². The van der Waals surface area contributed by atoms with E-state index in [4.69, 9.17) is 0 Å². The minimum absolute atomic E-state index is 1.03. The minimum Gasteiger partial charge on any atom is -0.0988 e. The molecule has 0 amide bonds.